The Hall–Kier alpha value is -3.27. The summed E-state index contributed by atoms with van der Waals surface area (Å²) in [5, 5.41) is 10.9. The number of carbonyl (C=O) groups excluding carboxylic acids is 3. The number of nitrogen functional groups attached to an aromatic ring is 1. The zero-order valence-corrected chi connectivity index (χ0v) is 17.5. The molecule has 10 heteroatoms. The predicted octanol–water partition coefficient (Wildman–Crippen LogP) is 1.38. The molecule has 0 saturated carbocycles. The summed E-state index contributed by atoms with van der Waals surface area (Å²) in [5.41, 5.74) is 7.90. The molecule has 1 aliphatic rings. The summed E-state index contributed by atoms with van der Waals surface area (Å²) in [7, 11) is 1.57. The molecular weight excluding hydrogens is 386 g/mol. The summed E-state index contributed by atoms with van der Waals surface area (Å²) in [4.78, 5) is 39.3. The maximum atomic E-state index is 12.8. The van der Waals surface area contributed by atoms with Gasteiger partial charge in [-0.25, -0.2) is 5.01 Å². The molecule has 1 aromatic rings. The summed E-state index contributed by atoms with van der Waals surface area (Å²) < 4.78 is 0. The fraction of sp³-hybridized carbons (Fsp3) is 0.450. The molecule has 0 aromatic heterocycles. The molecule has 10 nitrogen and oxygen atoms in total. The van der Waals surface area contributed by atoms with Crippen LogP contribution in [0.1, 0.15) is 18.9 Å². The largest absolute Gasteiger partial charge is 0.397 e. The number of nitrogens with two attached hydrogens (primary N) is 1. The minimum atomic E-state index is -0.550. The van der Waals surface area contributed by atoms with Crippen LogP contribution in [-0.2, 0) is 20.9 Å². The van der Waals surface area contributed by atoms with Crippen molar-refractivity contribution in [1.29, 1.82) is 0 Å². The van der Waals surface area contributed by atoms with Gasteiger partial charge >= 0.3 is 0 Å². The lowest BCUT2D eigenvalue weighted by Gasteiger charge is -2.39. The number of azo groups is 1. The number of benzene rings is 1. The third kappa shape index (κ3) is 5.41. The Bertz CT molecular complexity index is 799. The second-order valence-corrected chi connectivity index (χ2v) is 6.83. The van der Waals surface area contributed by atoms with E-state index in [4.69, 9.17) is 5.73 Å². The molecule has 162 valence electrons. The Kier molecular flexibility index (Phi) is 8.48. The van der Waals surface area contributed by atoms with Crippen molar-refractivity contribution in [2.45, 2.75) is 26.1 Å². The van der Waals surface area contributed by atoms with E-state index in [-0.39, 0.29) is 12.5 Å². The van der Waals surface area contributed by atoms with Crippen LogP contribution in [0.2, 0.25) is 0 Å². The number of amides is 3. The number of anilines is 1. The van der Waals surface area contributed by atoms with Gasteiger partial charge in [0.05, 0.1) is 5.69 Å². The lowest BCUT2D eigenvalue weighted by molar-refractivity contribution is -0.155. The number of hydrogen-bond donors (Lipinski definition) is 1. The van der Waals surface area contributed by atoms with Crippen LogP contribution in [0, 0.1) is 0 Å². The van der Waals surface area contributed by atoms with Gasteiger partial charge in [0, 0.05) is 39.6 Å². The van der Waals surface area contributed by atoms with E-state index in [2.05, 4.69) is 16.8 Å². The smallest absolute Gasteiger partial charge is 0.242 e. The average molecular weight is 415 g/mol. The van der Waals surface area contributed by atoms with Crippen LogP contribution in [0.3, 0.4) is 0 Å². The third-order valence-electron chi connectivity index (χ3n) is 4.96. The van der Waals surface area contributed by atoms with Crippen molar-refractivity contribution in [1.82, 2.24) is 19.8 Å². The summed E-state index contributed by atoms with van der Waals surface area (Å²) >= 11 is 0. The number of carbonyl (C=O) groups is 3. The van der Waals surface area contributed by atoms with E-state index in [9.17, 15) is 14.4 Å². The minimum absolute atomic E-state index is 0.109. The summed E-state index contributed by atoms with van der Waals surface area (Å²) in [6, 6.07) is 5.36. The van der Waals surface area contributed by atoms with Gasteiger partial charge in [-0.05, 0) is 17.7 Å². The predicted molar refractivity (Wildman–Crippen MR) is 113 cm³/mol. The van der Waals surface area contributed by atoms with Crippen molar-refractivity contribution in [2.75, 3.05) is 39.0 Å². The summed E-state index contributed by atoms with van der Waals surface area (Å²) in [6.45, 7) is 7.26. The Labute approximate surface area is 176 Å². The highest BCUT2D eigenvalue weighted by atomic mass is 16.2. The maximum Gasteiger partial charge on any atom is 0.242 e. The Morgan fingerprint density at radius 2 is 2.13 bits per heavy atom. The molecule has 1 heterocycles. The Balaban J connectivity index is 2.20. The van der Waals surface area contributed by atoms with Gasteiger partial charge < -0.3 is 15.5 Å². The first-order valence-corrected chi connectivity index (χ1v) is 9.75. The molecule has 0 aliphatic carbocycles. The highest BCUT2D eigenvalue weighted by Crippen LogP contribution is 2.25. The SMILES string of the molecule is C=CCN(CC)N(C=O)[C@H]1CCN(Cc2ccc(N=NC)c(N)c2)C(=O)CN1C=O. The molecule has 2 N–H and O–H groups in total. The van der Waals surface area contributed by atoms with Crippen LogP contribution in [-0.4, -0.2) is 77.9 Å². The highest BCUT2D eigenvalue weighted by molar-refractivity contribution is 5.80. The van der Waals surface area contributed by atoms with E-state index in [1.807, 2.05) is 13.0 Å². The van der Waals surface area contributed by atoms with Crippen molar-refractivity contribution in [3.63, 3.8) is 0 Å². The van der Waals surface area contributed by atoms with Crippen molar-refractivity contribution < 1.29 is 14.4 Å². The molecule has 2 rings (SSSR count). The van der Waals surface area contributed by atoms with Crippen molar-refractivity contribution in [2.24, 2.45) is 10.2 Å². The Morgan fingerprint density at radius 3 is 2.70 bits per heavy atom. The minimum Gasteiger partial charge on any atom is -0.397 e. The fourth-order valence-electron chi connectivity index (χ4n) is 3.47. The van der Waals surface area contributed by atoms with E-state index < -0.39 is 6.17 Å². The summed E-state index contributed by atoms with van der Waals surface area (Å²) in [6.07, 6.45) is 2.87. The van der Waals surface area contributed by atoms with Gasteiger partial charge in [-0.3, -0.25) is 19.4 Å². The van der Waals surface area contributed by atoms with E-state index in [1.165, 1.54) is 9.91 Å². The van der Waals surface area contributed by atoms with Crippen LogP contribution >= 0.6 is 0 Å². The van der Waals surface area contributed by atoms with Crippen molar-refractivity contribution in [3.05, 3.63) is 36.4 Å². The lowest BCUT2D eigenvalue weighted by Crippen LogP contribution is -2.55. The van der Waals surface area contributed by atoms with Crippen molar-refractivity contribution >= 4 is 30.1 Å². The van der Waals surface area contributed by atoms with Crippen LogP contribution in [0.25, 0.3) is 0 Å². The molecule has 1 aromatic carbocycles. The van der Waals surface area contributed by atoms with Gasteiger partial charge in [-0.2, -0.15) is 10.2 Å². The zero-order valence-electron chi connectivity index (χ0n) is 17.5. The number of nitrogens with zero attached hydrogens (tertiary/aromatic N) is 6. The molecule has 1 saturated heterocycles. The molecule has 0 bridgehead atoms. The molecule has 1 atom stereocenters. The van der Waals surface area contributed by atoms with E-state index in [1.54, 1.807) is 35.2 Å². The first-order valence-electron chi connectivity index (χ1n) is 9.75. The van der Waals surface area contributed by atoms with Gasteiger partial charge in [-0.15, -0.1) is 6.58 Å². The quantitative estimate of drug-likeness (QED) is 0.204. The molecule has 1 fully saturated rings. The van der Waals surface area contributed by atoms with E-state index in [0.29, 0.717) is 56.8 Å². The van der Waals surface area contributed by atoms with Crippen LogP contribution in [0.4, 0.5) is 11.4 Å². The van der Waals surface area contributed by atoms with Crippen LogP contribution in [0.15, 0.2) is 41.1 Å². The normalized spacial score (nSPS) is 17.3. The molecule has 3 amide bonds. The standard InChI is InChI=1S/C20H29N7O3/c1-4-9-26(5-2)27(15-29)19-8-10-24(20(30)13-25(19)14-28)12-16-6-7-18(23-22-3)17(21)11-16/h4,6-7,11,14-15,19H,1,5,8-10,12-13,21H2,2-3H3/t19-/m0/s1. The number of likely N-dealkylation sites (N-methyl/N-ethyl adjacent to an activating group) is 1. The van der Waals surface area contributed by atoms with Gasteiger partial charge in [-0.1, -0.05) is 19.1 Å². The second kappa shape index (κ2) is 11.1. The first-order chi connectivity index (χ1) is 14.5. The van der Waals surface area contributed by atoms with Crippen LogP contribution in [0.5, 0.6) is 0 Å². The van der Waals surface area contributed by atoms with Crippen molar-refractivity contribution in [3.8, 4) is 0 Å². The van der Waals surface area contributed by atoms with E-state index >= 15 is 0 Å². The molecule has 0 unspecified atom stereocenters. The lowest BCUT2D eigenvalue weighted by atomic mass is 10.1. The second-order valence-electron chi connectivity index (χ2n) is 6.83. The van der Waals surface area contributed by atoms with Crippen LogP contribution < -0.4 is 5.73 Å². The monoisotopic (exact) mass is 415 g/mol. The number of hydrogen-bond acceptors (Lipinski definition) is 7. The first kappa shape index (κ1) is 23.0. The fourth-order valence-corrected chi connectivity index (χ4v) is 3.47. The zero-order chi connectivity index (χ0) is 22.1. The molecule has 1 aliphatic heterocycles. The molecule has 30 heavy (non-hydrogen) atoms. The van der Waals surface area contributed by atoms with Gasteiger partial charge in [0.25, 0.3) is 0 Å². The van der Waals surface area contributed by atoms with Gasteiger partial charge in [0.15, 0.2) is 0 Å². The van der Waals surface area contributed by atoms with Gasteiger partial charge in [0.1, 0.15) is 18.4 Å². The maximum absolute atomic E-state index is 12.8. The highest BCUT2D eigenvalue weighted by Gasteiger charge is 2.33. The number of hydrazine groups is 1. The topological polar surface area (TPSA) is 115 Å². The third-order valence-corrected chi connectivity index (χ3v) is 4.96. The molecule has 0 spiro atoms. The summed E-state index contributed by atoms with van der Waals surface area (Å²) in [5.74, 6) is -0.196. The molecular formula is C20H29N7O3. The van der Waals surface area contributed by atoms with Gasteiger partial charge in [0.2, 0.25) is 18.7 Å². The average Bonchev–Trinajstić information content (AvgIpc) is 2.89. The van der Waals surface area contributed by atoms with E-state index in [0.717, 1.165) is 5.56 Å². The number of rotatable bonds is 10. The molecule has 0 radical (unpaired) electrons. The Morgan fingerprint density at radius 1 is 1.37 bits per heavy atom.